The Balaban J connectivity index is 1.70. The van der Waals surface area contributed by atoms with Crippen molar-refractivity contribution in [1.82, 2.24) is 20.1 Å². The minimum atomic E-state index is -0.342. The quantitative estimate of drug-likeness (QED) is 0.754. The maximum atomic E-state index is 13.9. The van der Waals surface area contributed by atoms with E-state index < -0.39 is 0 Å². The van der Waals surface area contributed by atoms with Crippen molar-refractivity contribution in [1.29, 1.82) is 0 Å². The number of hydrogen-bond acceptors (Lipinski definition) is 2. The van der Waals surface area contributed by atoms with Gasteiger partial charge in [-0.05, 0) is 43.9 Å². The number of carbonyl (C=O) groups is 1. The van der Waals surface area contributed by atoms with Crippen LogP contribution >= 0.6 is 0 Å². The summed E-state index contributed by atoms with van der Waals surface area (Å²) in [5.41, 5.74) is 2.86. The average molecular weight is 326 g/mol. The Labute approximate surface area is 138 Å². The molecule has 0 radical (unpaired) electrons. The topological polar surface area (TPSA) is 64.8 Å². The van der Waals surface area contributed by atoms with Crippen molar-refractivity contribution in [3.05, 3.63) is 53.2 Å². The number of H-pyrrole nitrogens is 2. The van der Waals surface area contributed by atoms with Crippen LogP contribution in [0, 0.1) is 12.7 Å². The number of para-hydroxylation sites is 1. The van der Waals surface area contributed by atoms with Crippen LogP contribution in [0.2, 0.25) is 0 Å². The summed E-state index contributed by atoms with van der Waals surface area (Å²) in [4.78, 5) is 17.9. The molecule has 1 unspecified atom stereocenters. The van der Waals surface area contributed by atoms with Crippen molar-refractivity contribution in [2.45, 2.75) is 32.2 Å². The molecule has 2 aromatic heterocycles. The SMILES string of the molecule is Cc1cn[nH]c1C1CCCCN1C(=O)c1cc2cccc(F)c2[nH]1. The lowest BCUT2D eigenvalue weighted by molar-refractivity contribution is 0.0600. The number of nitrogens with zero attached hydrogens (tertiary/aromatic N) is 2. The summed E-state index contributed by atoms with van der Waals surface area (Å²) in [7, 11) is 0. The van der Waals surface area contributed by atoms with E-state index in [0.29, 0.717) is 23.1 Å². The van der Waals surface area contributed by atoms with Gasteiger partial charge in [-0.1, -0.05) is 12.1 Å². The number of piperidine rings is 1. The molecule has 124 valence electrons. The number of benzene rings is 1. The van der Waals surface area contributed by atoms with Gasteiger partial charge in [-0.3, -0.25) is 9.89 Å². The molecule has 1 atom stereocenters. The van der Waals surface area contributed by atoms with Crippen LogP contribution in [0.3, 0.4) is 0 Å². The predicted octanol–water partition coefficient (Wildman–Crippen LogP) is 3.71. The Morgan fingerprint density at radius 2 is 2.25 bits per heavy atom. The molecule has 0 aliphatic carbocycles. The van der Waals surface area contributed by atoms with Crippen molar-refractivity contribution in [2.75, 3.05) is 6.54 Å². The summed E-state index contributed by atoms with van der Waals surface area (Å²) in [6.07, 6.45) is 4.74. The van der Waals surface area contributed by atoms with Crippen molar-refractivity contribution < 1.29 is 9.18 Å². The Morgan fingerprint density at radius 3 is 3.00 bits per heavy atom. The molecule has 1 aromatic carbocycles. The van der Waals surface area contributed by atoms with Gasteiger partial charge in [0.2, 0.25) is 0 Å². The number of halogens is 1. The van der Waals surface area contributed by atoms with E-state index in [-0.39, 0.29) is 17.8 Å². The lowest BCUT2D eigenvalue weighted by Crippen LogP contribution is -2.39. The third-order valence-corrected chi connectivity index (χ3v) is 4.80. The molecule has 3 heterocycles. The van der Waals surface area contributed by atoms with Gasteiger partial charge in [-0.15, -0.1) is 0 Å². The predicted molar refractivity (Wildman–Crippen MR) is 89.2 cm³/mol. The lowest BCUT2D eigenvalue weighted by atomic mass is 9.97. The molecule has 1 amide bonds. The van der Waals surface area contributed by atoms with Crippen molar-refractivity contribution in [3.63, 3.8) is 0 Å². The first kappa shape index (κ1) is 14.9. The monoisotopic (exact) mass is 326 g/mol. The molecule has 1 aliphatic heterocycles. The molecule has 1 fully saturated rings. The van der Waals surface area contributed by atoms with Crippen LogP contribution in [0.4, 0.5) is 4.39 Å². The highest BCUT2D eigenvalue weighted by Crippen LogP contribution is 2.33. The van der Waals surface area contributed by atoms with Gasteiger partial charge < -0.3 is 9.88 Å². The van der Waals surface area contributed by atoms with Crippen LogP contribution < -0.4 is 0 Å². The van der Waals surface area contributed by atoms with Gasteiger partial charge in [0.05, 0.1) is 23.4 Å². The summed E-state index contributed by atoms with van der Waals surface area (Å²) in [5.74, 6) is -0.435. The maximum absolute atomic E-state index is 13.9. The number of amides is 1. The van der Waals surface area contributed by atoms with E-state index >= 15 is 0 Å². The van der Waals surface area contributed by atoms with E-state index in [1.165, 1.54) is 6.07 Å². The zero-order chi connectivity index (χ0) is 16.7. The molecule has 0 bridgehead atoms. The minimum absolute atomic E-state index is 0.00925. The number of rotatable bonds is 2. The maximum Gasteiger partial charge on any atom is 0.270 e. The molecule has 4 rings (SSSR count). The van der Waals surface area contributed by atoms with Gasteiger partial charge in [-0.2, -0.15) is 5.10 Å². The number of nitrogens with one attached hydrogen (secondary N) is 2. The Kier molecular flexibility index (Phi) is 3.59. The summed E-state index contributed by atoms with van der Waals surface area (Å²) in [6, 6.07) is 6.57. The first-order valence-electron chi connectivity index (χ1n) is 8.23. The highest BCUT2D eigenvalue weighted by molar-refractivity contribution is 5.98. The Morgan fingerprint density at radius 1 is 1.38 bits per heavy atom. The number of aromatic amines is 2. The van der Waals surface area contributed by atoms with E-state index in [1.54, 1.807) is 24.4 Å². The fourth-order valence-electron chi connectivity index (χ4n) is 3.56. The van der Waals surface area contributed by atoms with Gasteiger partial charge in [0.25, 0.3) is 5.91 Å². The van der Waals surface area contributed by atoms with E-state index in [0.717, 1.165) is 30.5 Å². The fourth-order valence-corrected chi connectivity index (χ4v) is 3.56. The average Bonchev–Trinajstić information content (AvgIpc) is 3.21. The van der Waals surface area contributed by atoms with Crippen LogP contribution in [0.5, 0.6) is 0 Å². The molecule has 6 heteroatoms. The van der Waals surface area contributed by atoms with Crippen LogP contribution in [-0.4, -0.2) is 32.5 Å². The Hall–Kier alpha value is -2.63. The number of likely N-dealkylation sites (tertiary alicyclic amines) is 1. The van der Waals surface area contributed by atoms with Crippen LogP contribution in [0.25, 0.3) is 10.9 Å². The third kappa shape index (κ3) is 2.38. The normalized spacial score (nSPS) is 18.2. The molecule has 3 aromatic rings. The molecular formula is C18H19FN4O. The molecule has 2 N–H and O–H groups in total. The van der Waals surface area contributed by atoms with Crippen molar-refractivity contribution in [3.8, 4) is 0 Å². The van der Waals surface area contributed by atoms with Crippen LogP contribution in [0.15, 0.2) is 30.5 Å². The summed E-state index contributed by atoms with van der Waals surface area (Å²) < 4.78 is 13.9. The first-order valence-corrected chi connectivity index (χ1v) is 8.23. The number of carbonyl (C=O) groups excluding carboxylic acids is 1. The van der Waals surface area contributed by atoms with Gasteiger partial charge in [0.1, 0.15) is 11.5 Å². The van der Waals surface area contributed by atoms with Crippen molar-refractivity contribution >= 4 is 16.8 Å². The van der Waals surface area contributed by atoms with Crippen molar-refractivity contribution in [2.24, 2.45) is 0 Å². The fraction of sp³-hybridized carbons (Fsp3) is 0.333. The van der Waals surface area contributed by atoms with Crippen LogP contribution in [-0.2, 0) is 0 Å². The second-order valence-corrected chi connectivity index (χ2v) is 6.36. The van der Waals surface area contributed by atoms with E-state index in [4.69, 9.17) is 0 Å². The summed E-state index contributed by atoms with van der Waals surface area (Å²) in [5, 5.41) is 7.84. The number of fused-ring (bicyclic) bond motifs is 1. The van der Waals surface area contributed by atoms with E-state index in [1.807, 2.05) is 11.8 Å². The minimum Gasteiger partial charge on any atom is -0.348 e. The second-order valence-electron chi connectivity index (χ2n) is 6.36. The highest BCUT2D eigenvalue weighted by atomic mass is 19.1. The van der Waals surface area contributed by atoms with Gasteiger partial charge in [-0.25, -0.2) is 4.39 Å². The van der Waals surface area contributed by atoms with Gasteiger partial charge >= 0.3 is 0 Å². The molecular weight excluding hydrogens is 307 g/mol. The second kappa shape index (κ2) is 5.78. The summed E-state index contributed by atoms with van der Waals surface area (Å²) in [6.45, 7) is 2.69. The number of aryl methyl sites for hydroxylation is 1. The Bertz CT molecular complexity index is 897. The first-order chi connectivity index (χ1) is 11.6. The number of aromatic nitrogens is 3. The van der Waals surface area contributed by atoms with E-state index in [2.05, 4.69) is 15.2 Å². The largest absolute Gasteiger partial charge is 0.348 e. The number of hydrogen-bond donors (Lipinski definition) is 2. The van der Waals surface area contributed by atoms with Crippen LogP contribution in [0.1, 0.15) is 47.1 Å². The lowest BCUT2D eigenvalue weighted by Gasteiger charge is -2.35. The standard InChI is InChI=1S/C18H19FN4O/c1-11-10-20-22-16(11)15-7-2-3-8-23(15)18(24)14-9-12-5-4-6-13(19)17(12)21-14/h4-6,9-10,15,21H,2-3,7-8H2,1H3,(H,20,22). The van der Waals surface area contributed by atoms with Gasteiger partial charge in [0, 0.05) is 11.9 Å². The summed E-state index contributed by atoms with van der Waals surface area (Å²) >= 11 is 0. The highest BCUT2D eigenvalue weighted by Gasteiger charge is 2.31. The molecule has 5 nitrogen and oxygen atoms in total. The zero-order valence-electron chi connectivity index (χ0n) is 13.5. The molecule has 1 saturated heterocycles. The molecule has 24 heavy (non-hydrogen) atoms. The van der Waals surface area contributed by atoms with E-state index in [9.17, 15) is 9.18 Å². The molecule has 1 aliphatic rings. The van der Waals surface area contributed by atoms with Gasteiger partial charge in [0.15, 0.2) is 0 Å². The molecule has 0 saturated carbocycles. The smallest absolute Gasteiger partial charge is 0.270 e. The molecule has 0 spiro atoms. The third-order valence-electron chi connectivity index (χ3n) is 4.80. The zero-order valence-corrected chi connectivity index (χ0v) is 13.5.